The van der Waals surface area contributed by atoms with Crippen LogP contribution in [0.1, 0.15) is 29.4 Å². The van der Waals surface area contributed by atoms with Crippen LogP contribution in [0.15, 0.2) is 6.07 Å². The molecule has 1 aromatic heterocycles. The van der Waals surface area contributed by atoms with Crippen molar-refractivity contribution in [1.29, 1.82) is 0 Å². The van der Waals surface area contributed by atoms with Crippen LogP contribution >= 0.6 is 11.3 Å². The lowest BCUT2D eigenvalue weighted by Crippen LogP contribution is -2.33. The van der Waals surface area contributed by atoms with E-state index in [9.17, 15) is 4.79 Å². The van der Waals surface area contributed by atoms with E-state index in [0.717, 1.165) is 18.1 Å². The Morgan fingerprint density at radius 3 is 3.06 bits per heavy atom. The van der Waals surface area contributed by atoms with Gasteiger partial charge in [-0.3, -0.25) is 0 Å². The third-order valence-electron chi connectivity index (χ3n) is 3.09. The average Bonchev–Trinajstić information content (AvgIpc) is 2.70. The maximum absolute atomic E-state index is 11.5. The lowest BCUT2D eigenvalue weighted by atomic mass is 10.0. The van der Waals surface area contributed by atoms with Crippen LogP contribution < -0.4 is 10.6 Å². The van der Waals surface area contributed by atoms with E-state index in [1.54, 1.807) is 0 Å². The number of piperidine rings is 1. The van der Waals surface area contributed by atoms with Gasteiger partial charge in [0, 0.05) is 13.1 Å². The molecule has 0 spiro atoms. The fourth-order valence-corrected chi connectivity index (χ4v) is 3.22. The normalized spacial score (nSPS) is 20.4. The summed E-state index contributed by atoms with van der Waals surface area (Å²) < 4.78 is 4.71. The van der Waals surface area contributed by atoms with E-state index in [-0.39, 0.29) is 5.97 Å². The van der Waals surface area contributed by atoms with E-state index < -0.39 is 0 Å². The maximum Gasteiger partial charge on any atom is 0.350 e. The molecule has 5 heteroatoms. The molecule has 1 unspecified atom stereocenters. The number of nitrogens with two attached hydrogens (primary N) is 1. The smallest absolute Gasteiger partial charge is 0.350 e. The van der Waals surface area contributed by atoms with Gasteiger partial charge < -0.3 is 15.4 Å². The van der Waals surface area contributed by atoms with Gasteiger partial charge in [0.25, 0.3) is 0 Å². The van der Waals surface area contributed by atoms with E-state index in [4.69, 9.17) is 10.5 Å². The first-order valence-corrected chi connectivity index (χ1v) is 6.66. The Hall–Kier alpha value is -1.23. The van der Waals surface area contributed by atoms with Crippen LogP contribution in [0.2, 0.25) is 0 Å². The molecule has 2 heterocycles. The second-order valence-electron chi connectivity index (χ2n) is 4.55. The van der Waals surface area contributed by atoms with E-state index in [1.807, 2.05) is 6.07 Å². The van der Waals surface area contributed by atoms with Crippen molar-refractivity contribution in [2.45, 2.75) is 19.8 Å². The minimum Gasteiger partial charge on any atom is -0.465 e. The Kier molecular flexibility index (Phi) is 3.57. The predicted molar refractivity (Wildman–Crippen MR) is 70.7 cm³/mol. The molecule has 2 rings (SSSR count). The fourth-order valence-electron chi connectivity index (χ4n) is 2.19. The molecule has 0 radical (unpaired) electrons. The second kappa shape index (κ2) is 4.96. The number of esters is 1. The van der Waals surface area contributed by atoms with Gasteiger partial charge in [0.1, 0.15) is 4.88 Å². The number of anilines is 2. The molecule has 0 amide bonds. The molecule has 1 atom stereocenters. The molecule has 0 aromatic carbocycles. The SMILES string of the molecule is COC(=O)c1sc(N2CCCC(C)C2)cc1N. The van der Waals surface area contributed by atoms with E-state index in [0.29, 0.717) is 16.5 Å². The lowest BCUT2D eigenvalue weighted by Gasteiger charge is -2.31. The van der Waals surface area contributed by atoms with Crippen LogP contribution in [0.5, 0.6) is 0 Å². The van der Waals surface area contributed by atoms with Crippen molar-refractivity contribution in [2.24, 2.45) is 5.92 Å². The largest absolute Gasteiger partial charge is 0.465 e. The molecule has 2 N–H and O–H groups in total. The summed E-state index contributed by atoms with van der Waals surface area (Å²) in [5, 5.41) is 1.08. The van der Waals surface area contributed by atoms with E-state index in [1.165, 1.54) is 31.3 Å². The van der Waals surface area contributed by atoms with Crippen LogP contribution in [0.4, 0.5) is 10.7 Å². The number of nitrogens with zero attached hydrogens (tertiary/aromatic N) is 1. The molecule has 1 aliphatic rings. The quantitative estimate of drug-likeness (QED) is 0.823. The number of hydrogen-bond donors (Lipinski definition) is 1. The highest BCUT2D eigenvalue weighted by molar-refractivity contribution is 7.18. The summed E-state index contributed by atoms with van der Waals surface area (Å²) in [6.07, 6.45) is 2.48. The molecule has 1 fully saturated rings. The summed E-state index contributed by atoms with van der Waals surface area (Å²) in [4.78, 5) is 14.3. The molecule has 0 aliphatic carbocycles. The zero-order valence-corrected chi connectivity index (χ0v) is 11.0. The number of methoxy groups -OCH3 is 1. The van der Waals surface area contributed by atoms with Gasteiger partial charge in [0.15, 0.2) is 0 Å². The van der Waals surface area contributed by atoms with Crippen molar-refractivity contribution in [1.82, 2.24) is 0 Å². The first kappa shape index (κ1) is 12.2. The van der Waals surface area contributed by atoms with Crippen LogP contribution in [-0.4, -0.2) is 26.2 Å². The Bertz CT molecular complexity index is 417. The van der Waals surface area contributed by atoms with Gasteiger partial charge in [0.2, 0.25) is 0 Å². The molecule has 0 saturated carbocycles. The first-order chi connectivity index (χ1) is 8.11. The second-order valence-corrected chi connectivity index (χ2v) is 5.58. The number of nitrogen functional groups attached to an aromatic ring is 1. The summed E-state index contributed by atoms with van der Waals surface area (Å²) in [5.74, 6) is 0.359. The third-order valence-corrected chi connectivity index (χ3v) is 4.28. The van der Waals surface area contributed by atoms with Crippen LogP contribution in [0.25, 0.3) is 0 Å². The molecular formula is C12H18N2O2S. The molecular weight excluding hydrogens is 236 g/mol. The maximum atomic E-state index is 11.5. The monoisotopic (exact) mass is 254 g/mol. The number of hydrogen-bond acceptors (Lipinski definition) is 5. The van der Waals surface area contributed by atoms with Gasteiger partial charge in [-0.2, -0.15) is 0 Å². The molecule has 1 saturated heterocycles. The summed E-state index contributed by atoms with van der Waals surface area (Å²) in [7, 11) is 1.38. The standard InChI is InChI=1S/C12H18N2O2S/c1-8-4-3-5-14(7-8)10-6-9(13)11(17-10)12(15)16-2/h6,8H,3-5,7,13H2,1-2H3. The average molecular weight is 254 g/mol. The number of carbonyl (C=O) groups excluding carboxylic acids is 1. The van der Waals surface area contributed by atoms with Gasteiger partial charge in [0.05, 0.1) is 17.8 Å². The van der Waals surface area contributed by atoms with Gasteiger partial charge >= 0.3 is 5.97 Å². The van der Waals surface area contributed by atoms with Gasteiger partial charge in [-0.05, 0) is 24.8 Å². The van der Waals surface area contributed by atoms with Gasteiger partial charge in [-0.25, -0.2) is 4.79 Å². The highest BCUT2D eigenvalue weighted by Gasteiger charge is 2.21. The Morgan fingerprint density at radius 1 is 1.65 bits per heavy atom. The van der Waals surface area contributed by atoms with Gasteiger partial charge in [-0.1, -0.05) is 6.92 Å². The summed E-state index contributed by atoms with van der Waals surface area (Å²) in [5.41, 5.74) is 6.37. The number of carbonyl (C=O) groups is 1. The molecule has 94 valence electrons. The van der Waals surface area contributed by atoms with Crippen molar-refractivity contribution in [2.75, 3.05) is 30.8 Å². The van der Waals surface area contributed by atoms with Crippen LogP contribution in [-0.2, 0) is 4.74 Å². The fraction of sp³-hybridized carbons (Fsp3) is 0.583. The summed E-state index contributed by atoms with van der Waals surface area (Å²) >= 11 is 1.43. The molecule has 1 aliphatic heterocycles. The first-order valence-electron chi connectivity index (χ1n) is 5.84. The van der Waals surface area contributed by atoms with Crippen molar-refractivity contribution in [3.05, 3.63) is 10.9 Å². The lowest BCUT2D eigenvalue weighted by molar-refractivity contribution is 0.0607. The Morgan fingerprint density at radius 2 is 2.41 bits per heavy atom. The van der Waals surface area contributed by atoms with Crippen molar-refractivity contribution < 1.29 is 9.53 Å². The van der Waals surface area contributed by atoms with Gasteiger partial charge in [-0.15, -0.1) is 11.3 Å². The van der Waals surface area contributed by atoms with Crippen molar-refractivity contribution in [3.63, 3.8) is 0 Å². The highest BCUT2D eigenvalue weighted by Crippen LogP contribution is 2.34. The summed E-state index contributed by atoms with van der Waals surface area (Å²) in [6, 6.07) is 1.88. The number of ether oxygens (including phenoxy) is 1. The topological polar surface area (TPSA) is 55.6 Å². The third kappa shape index (κ3) is 2.54. The van der Waals surface area contributed by atoms with Crippen molar-refractivity contribution in [3.8, 4) is 0 Å². The Labute approximate surface area is 105 Å². The summed E-state index contributed by atoms with van der Waals surface area (Å²) in [6.45, 7) is 4.34. The molecule has 4 nitrogen and oxygen atoms in total. The van der Waals surface area contributed by atoms with E-state index >= 15 is 0 Å². The van der Waals surface area contributed by atoms with Crippen LogP contribution in [0.3, 0.4) is 0 Å². The zero-order chi connectivity index (χ0) is 12.4. The number of thiophene rings is 1. The van der Waals surface area contributed by atoms with Crippen LogP contribution in [0, 0.1) is 5.92 Å². The number of rotatable bonds is 2. The molecule has 1 aromatic rings. The predicted octanol–water partition coefficient (Wildman–Crippen LogP) is 2.35. The Balaban J connectivity index is 2.19. The van der Waals surface area contributed by atoms with E-state index in [2.05, 4.69) is 11.8 Å². The molecule has 0 bridgehead atoms. The minimum absolute atomic E-state index is 0.344. The highest BCUT2D eigenvalue weighted by atomic mass is 32.1. The van der Waals surface area contributed by atoms with Crippen molar-refractivity contribution >= 4 is 28.0 Å². The zero-order valence-electron chi connectivity index (χ0n) is 10.2. The molecule has 17 heavy (non-hydrogen) atoms. The minimum atomic E-state index is -0.344.